The summed E-state index contributed by atoms with van der Waals surface area (Å²) in [7, 11) is 1.70. The molecule has 2 aliphatic rings. The summed E-state index contributed by atoms with van der Waals surface area (Å²) in [6.07, 6.45) is 4.92. The Balaban J connectivity index is 1.77. The number of hydrogen-bond acceptors (Lipinski definition) is 4. The van der Waals surface area contributed by atoms with Crippen LogP contribution in [0.25, 0.3) is 0 Å². The van der Waals surface area contributed by atoms with Gasteiger partial charge in [0.1, 0.15) is 5.75 Å². The fourth-order valence-electron chi connectivity index (χ4n) is 3.48. The molecule has 21 heavy (non-hydrogen) atoms. The number of benzene rings is 1. The lowest BCUT2D eigenvalue weighted by molar-refractivity contribution is 0.0827. The van der Waals surface area contributed by atoms with Gasteiger partial charge in [0.05, 0.1) is 19.3 Å². The molecule has 2 aliphatic heterocycles. The third-order valence-corrected chi connectivity index (χ3v) is 4.51. The van der Waals surface area contributed by atoms with Crippen LogP contribution in [-0.4, -0.2) is 18.7 Å². The molecule has 0 amide bonds. The third kappa shape index (κ3) is 2.07. The van der Waals surface area contributed by atoms with Crippen molar-refractivity contribution in [2.24, 2.45) is 5.92 Å². The number of nitrogens with zero attached hydrogens (tertiary/aromatic N) is 1. The minimum Gasteiger partial charge on any atom is -0.497 e. The summed E-state index contributed by atoms with van der Waals surface area (Å²) in [5.41, 5.74) is 3.62. The highest BCUT2D eigenvalue weighted by atomic mass is 16.5. The van der Waals surface area contributed by atoms with Crippen molar-refractivity contribution < 1.29 is 9.47 Å². The van der Waals surface area contributed by atoms with Crippen LogP contribution in [0.1, 0.15) is 29.7 Å². The first kappa shape index (κ1) is 12.7. The number of ether oxygens (including phenoxy) is 2. The van der Waals surface area contributed by atoms with E-state index < -0.39 is 0 Å². The molecule has 1 N–H and O–H groups in total. The molecule has 1 fully saturated rings. The zero-order chi connectivity index (χ0) is 14.2. The van der Waals surface area contributed by atoms with E-state index in [-0.39, 0.29) is 12.1 Å². The molecule has 0 spiro atoms. The summed E-state index contributed by atoms with van der Waals surface area (Å²) >= 11 is 0. The molecule has 1 saturated heterocycles. The van der Waals surface area contributed by atoms with E-state index >= 15 is 0 Å². The zero-order valence-corrected chi connectivity index (χ0v) is 12.0. The molecule has 3 heterocycles. The van der Waals surface area contributed by atoms with E-state index in [1.807, 2.05) is 18.5 Å². The quantitative estimate of drug-likeness (QED) is 0.917. The first-order chi connectivity index (χ1) is 10.4. The van der Waals surface area contributed by atoms with Crippen molar-refractivity contribution in [3.05, 3.63) is 53.9 Å². The van der Waals surface area contributed by atoms with Crippen LogP contribution in [0, 0.1) is 5.92 Å². The average molecular weight is 282 g/mol. The molecule has 0 unspecified atom stereocenters. The Bertz CT molecular complexity index is 644. The van der Waals surface area contributed by atoms with E-state index in [1.165, 1.54) is 11.1 Å². The van der Waals surface area contributed by atoms with E-state index in [9.17, 15) is 0 Å². The molecule has 3 atom stereocenters. The Hall–Kier alpha value is -2.07. The highest BCUT2D eigenvalue weighted by molar-refractivity contribution is 5.59. The minimum absolute atomic E-state index is 0.148. The Kier molecular flexibility index (Phi) is 3.04. The molecule has 4 nitrogen and oxygen atoms in total. The molecule has 108 valence electrons. The highest BCUT2D eigenvalue weighted by Gasteiger charge is 2.41. The van der Waals surface area contributed by atoms with Gasteiger partial charge < -0.3 is 14.8 Å². The van der Waals surface area contributed by atoms with Crippen LogP contribution in [0.15, 0.2) is 42.7 Å². The molecule has 0 bridgehead atoms. The van der Waals surface area contributed by atoms with Crippen LogP contribution in [-0.2, 0) is 4.74 Å². The first-order valence-corrected chi connectivity index (χ1v) is 7.33. The van der Waals surface area contributed by atoms with E-state index in [2.05, 4.69) is 34.6 Å². The van der Waals surface area contributed by atoms with Gasteiger partial charge in [0, 0.05) is 36.2 Å². The normalized spacial score (nSPS) is 26.6. The van der Waals surface area contributed by atoms with E-state index in [1.54, 1.807) is 7.11 Å². The number of aromatic nitrogens is 1. The van der Waals surface area contributed by atoms with Crippen molar-refractivity contribution in [2.45, 2.75) is 18.6 Å². The highest BCUT2D eigenvalue weighted by Crippen LogP contribution is 2.50. The predicted octanol–water partition coefficient (Wildman–Crippen LogP) is 3.33. The lowest BCUT2D eigenvalue weighted by Crippen LogP contribution is -2.29. The van der Waals surface area contributed by atoms with Crippen molar-refractivity contribution in [1.82, 2.24) is 4.98 Å². The van der Waals surface area contributed by atoms with Gasteiger partial charge in [-0.25, -0.2) is 0 Å². The average Bonchev–Trinajstić information content (AvgIpc) is 3.04. The molecule has 4 rings (SSSR count). The molecule has 4 heteroatoms. The maximum absolute atomic E-state index is 6.02. The third-order valence-electron chi connectivity index (χ3n) is 4.51. The second-order valence-electron chi connectivity index (χ2n) is 5.60. The maximum Gasteiger partial charge on any atom is 0.119 e. The molecule has 0 radical (unpaired) electrons. The Labute approximate surface area is 124 Å². The number of pyridine rings is 1. The van der Waals surface area contributed by atoms with Crippen LogP contribution < -0.4 is 10.1 Å². The summed E-state index contributed by atoms with van der Waals surface area (Å²) in [5.74, 6) is 1.33. The first-order valence-electron chi connectivity index (χ1n) is 7.33. The maximum atomic E-state index is 6.02. The van der Waals surface area contributed by atoms with Crippen LogP contribution in [0.4, 0.5) is 5.69 Å². The van der Waals surface area contributed by atoms with Gasteiger partial charge in [0.2, 0.25) is 0 Å². The predicted molar refractivity (Wildman–Crippen MR) is 80.4 cm³/mol. The van der Waals surface area contributed by atoms with Gasteiger partial charge in [0.15, 0.2) is 0 Å². The van der Waals surface area contributed by atoms with Gasteiger partial charge >= 0.3 is 0 Å². The monoisotopic (exact) mass is 282 g/mol. The topological polar surface area (TPSA) is 43.4 Å². The summed E-state index contributed by atoms with van der Waals surface area (Å²) in [5, 5.41) is 3.67. The number of rotatable bonds is 2. The van der Waals surface area contributed by atoms with Crippen LogP contribution in [0.2, 0.25) is 0 Å². The molecule has 1 aromatic heterocycles. The minimum atomic E-state index is 0.148. The second kappa shape index (κ2) is 5.04. The van der Waals surface area contributed by atoms with Gasteiger partial charge in [-0.1, -0.05) is 0 Å². The summed E-state index contributed by atoms with van der Waals surface area (Å²) in [6, 6.07) is 10.6. The van der Waals surface area contributed by atoms with Crippen LogP contribution >= 0.6 is 0 Å². The zero-order valence-electron chi connectivity index (χ0n) is 12.0. The summed E-state index contributed by atoms with van der Waals surface area (Å²) in [6.45, 7) is 0.815. The number of anilines is 1. The second-order valence-corrected chi connectivity index (χ2v) is 5.60. The number of nitrogens with one attached hydrogen (secondary N) is 1. The van der Waals surface area contributed by atoms with Gasteiger partial charge in [-0.15, -0.1) is 0 Å². The Morgan fingerprint density at radius 1 is 1.24 bits per heavy atom. The molecular formula is C17H18N2O2. The molecular weight excluding hydrogens is 264 g/mol. The molecule has 0 saturated carbocycles. The van der Waals surface area contributed by atoms with Gasteiger partial charge in [-0.05, 0) is 42.3 Å². The number of methoxy groups -OCH3 is 1. The SMILES string of the molecule is COc1ccc2c(c1)[C@H]1OCC[C@H]1[C@H](c1ccncc1)N2. The fourth-order valence-corrected chi connectivity index (χ4v) is 3.48. The largest absolute Gasteiger partial charge is 0.497 e. The van der Waals surface area contributed by atoms with Crippen molar-refractivity contribution in [2.75, 3.05) is 19.0 Å². The summed E-state index contributed by atoms with van der Waals surface area (Å²) in [4.78, 5) is 4.12. The van der Waals surface area contributed by atoms with Crippen molar-refractivity contribution in [3.63, 3.8) is 0 Å². The van der Waals surface area contributed by atoms with Crippen molar-refractivity contribution in [1.29, 1.82) is 0 Å². The van der Waals surface area contributed by atoms with E-state index in [0.717, 1.165) is 24.5 Å². The van der Waals surface area contributed by atoms with Crippen molar-refractivity contribution in [3.8, 4) is 5.75 Å². The van der Waals surface area contributed by atoms with Gasteiger partial charge in [-0.3, -0.25) is 4.98 Å². The van der Waals surface area contributed by atoms with Gasteiger partial charge in [0.25, 0.3) is 0 Å². The smallest absolute Gasteiger partial charge is 0.119 e. The Morgan fingerprint density at radius 2 is 2.10 bits per heavy atom. The molecule has 0 aliphatic carbocycles. The summed E-state index contributed by atoms with van der Waals surface area (Å²) < 4.78 is 11.4. The van der Waals surface area contributed by atoms with Crippen LogP contribution in [0.3, 0.4) is 0 Å². The van der Waals surface area contributed by atoms with Gasteiger partial charge in [-0.2, -0.15) is 0 Å². The Morgan fingerprint density at radius 3 is 2.90 bits per heavy atom. The fraction of sp³-hybridized carbons (Fsp3) is 0.353. The van der Waals surface area contributed by atoms with E-state index in [0.29, 0.717) is 5.92 Å². The number of hydrogen-bond donors (Lipinski definition) is 1. The molecule has 2 aromatic rings. The van der Waals surface area contributed by atoms with E-state index in [4.69, 9.17) is 9.47 Å². The lowest BCUT2D eigenvalue weighted by atomic mass is 9.81. The van der Waals surface area contributed by atoms with Crippen molar-refractivity contribution >= 4 is 5.69 Å². The molecule has 1 aromatic carbocycles. The van der Waals surface area contributed by atoms with Crippen LogP contribution in [0.5, 0.6) is 5.75 Å². The lowest BCUT2D eigenvalue weighted by Gasteiger charge is -2.36. The standard InChI is InChI=1S/C17H18N2O2/c1-20-12-2-3-15-14(10-12)17-13(6-9-21-17)16(19-15)11-4-7-18-8-5-11/h2-5,7-8,10,13,16-17,19H,6,9H2,1H3/t13-,16-,17-/m0/s1. The number of fused-ring (bicyclic) bond motifs is 3.